The Bertz CT molecular complexity index is 1160. The summed E-state index contributed by atoms with van der Waals surface area (Å²) < 4.78 is 6.32. The van der Waals surface area contributed by atoms with Crippen molar-refractivity contribution < 1.29 is 9.53 Å². The number of nitrogen functional groups attached to an aromatic ring is 1. The van der Waals surface area contributed by atoms with Crippen LogP contribution in [0.5, 0.6) is 0 Å². The number of pyridine rings is 2. The molecule has 0 saturated carbocycles. The molecule has 0 bridgehead atoms. The van der Waals surface area contributed by atoms with E-state index in [2.05, 4.69) is 16.0 Å². The molecule has 0 aliphatic carbocycles. The van der Waals surface area contributed by atoms with Crippen LogP contribution in [-0.4, -0.2) is 40.5 Å². The zero-order valence-electron chi connectivity index (χ0n) is 16.4. The topological polar surface area (TPSA) is 101 Å². The molecule has 1 fully saturated rings. The minimum absolute atomic E-state index is 0.185. The summed E-state index contributed by atoms with van der Waals surface area (Å²) in [6.45, 7) is 1.77. The van der Waals surface area contributed by atoms with Crippen LogP contribution in [0, 0.1) is 0 Å². The van der Waals surface area contributed by atoms with Crippen LogP contribution in [0.15, 0.2) is 47.4 Å². The maximum absolute atomic E-state index is 12.8. The second-order valence-corrected chi connectivity index (χ2v) is 8.83. The highest BCUT2D eigenvalue weighted by atomic mass is 32.1. The number of carbonyl (C=O) groups excluding carboxylic acids is 1. The number of fused-ring (bicyclic) bond motifs is 2. The van der Waals surface area contributed by atoms with Gasteiger partial charge in [0.2, 0.25) is 0 Å². The molecule has 1 saturated heterocycles. The molecular formula is C22H22N4O3S. The number of nitrogens with two attached hydrogens (primary N) is 1. The van der Waals surface area contributed by atoms with E-state index in [0.717, 1.165) is 17.0 Å². The first-order chi connectivity index (χ1) is 14.6. The van der Waals surface area contributed by atoms with Crippen molar-refractivity contribution >= 4 is 23.1 Å². The fraction of sp³-hybridized carbons (Fsp3) is 0.318. The molecule has 0 unspecified atom stereocenters. The summed E-state index contributed by atoms with van der Waals surface area (Å²) >= 11 is 1.75. The fourth-order valence-electron chi connectivity index (χ4n) is 4.38. The number of ether oxygens (including phenoxy) is 1. The van der Waals surface area contributed by atoms with Gasteiger partial charge in [0.05, 0.1) is 22.8 Å². The Morgan fingerprint density at radius 2 is 2.07 bits per heavy atom. The number of carbonyl (C=O) groups is 1. The van der Waals surface area contributed by atoms with Gasteiger partial charge in [0.15, 0.2) is 0 Å². The molecule has 5 heterocycles. The molecule has 154 valence electrons. The third-order valence-electron chi connectivity index (χ3n) is 5.94. The van der Waals surface area contributed by atoms with Crippen LogP contribution < -0.4 is 11.3 Å². The number of anilines is 1. The Morgan fingerprint density at radius 3 is 2.83 bits per heavy atom. The van der Waals surface area contributed by atoms with Crippen LogP contribution in [0.3, 0.4) is 0 Å². The van der Waals surface area contributed by atoms with Crippen molar-refractivity contribution in [1.29, 1.82) is 0 Å². The van der Waals surface area contributed by atoms with Crippen molar-refractivity contribution in [3.63, 3.8) is 0 Å². The van der Waals surface area contributed by atoms with Gasteiger partial charge >= 0.3 is 0 Å². The maximum Gasteiger partial charge on any atom is 0.260 e. The van der Waals surface area contributed by atoms with Gasteiger partial charge in [-0.3, -0.25) is 9.59 Å². The highest BCUT2D eigenvalue weighted by Gasteiger charge is 2.43. The number of aromatic amines is 1. The number of aromatic nitrogens is 2. The molecule has 0 radical (unpaired) electrons. The minimum Gasteiger partial charge on any atom is -0.384 e. The predicted molar refractivity (Wildman–Crippen MR) is 115 cm³/mol. The van der Waals surface area contributed by atoms with Gasteiger partial charge in [0.25, 0.3) is 11.5 Å². The quantitative estimate of drug-likeness (QED) is 0.661. The number of likely N-dealkylation sites (tertiary alicyclic amines) is 1. The number of hydrogen-bond donors (Lipinski definition) is 2. The van der Waals surface area contributed by atoms with Crippen molar-refractivity contribution in [1.82, 2.24) is 14.9 Å². The molecule has 5 rings (SSSR count). The Morgan fingerprint density at radius 1 is 1.23 bits per heavy atom. The summed E-state index contributed by atoms with van der Waals surface area (Å²) in [7, 11) is 0. The van der Waals surface area contributed by atoms with Crippen molar-refractivity contribution in [2.75, 3.05) is 25.4 Å². The van der Waals surface area contributed by atoms with Crippen LogP contribution in [0.1, 0.15) is 33.6 Å². The molecule has 3 N–H and O–H groups in total. The first-order valence-corrected chi connectivity index (χ1v) is 10.8. The Kier molecular flexibility index (Phi) is 4.67. The molecular weight excluding hydrogens is 400 g/mol. The molecule has 0 aromatic carbocycles. The van der Waals surface area contributed by atoms with Crippen LogP contribution in [0.4, 0.5) is 5.82 Å². The lowest BCUT2D eigenvalue weighted by Crippen LogP contribution is -2.48. The highest BCUT2D eigenvalue weighted by Crippen LogP contribution is 2.46. The first-order valence-electron chi connectivity index (χ1n) is 10.0. The normalized spacial score (nSPS) is 17.7. The van der Waals surface area contributed by atoms with E-state index in [1.54, 1.807) is 34.4 Å². The lowest BCUT2D eigenvalue weighted by molar-refractivity contribution is -0.0926. The summed E-state index contributed by atoms with van der Waals surface area (Å²) in [5, 5.41) is 0. The number of hydrogen-bond acceptors (Lipinski definition) is 6. The number of rotatable bonds is 2. The van der Waals surface area contributed by atoms with E-state index >= 15 is 0 Å². The van der Waals surface area contributed by atoms with Crippen molar-refractivity contribution in [2.45, 2.75) is 24.9 Å². The smallest absolute Gasteiger partial charge is 0.260 e. The molecule has 3 aromatic rings. The maximum atomic E-state index is 12.8. The average Bonchev–Trinajstić information content (AvgIpc) is 3.21. The zero-order chi connectivity index (χ0) is 20.7. The first kappa shape index (κ1) is 19.0. The molecule has 1 amide bonds. The lowest BCUT2D eigenvalue weighted by atomic mass is 9.82. The van der Waals surface area contributed by atoms with Gasteiger partial charge in [-0.1, -0.05) is 6.07 Å². The molecule has 0 atom stereocenters. The number of H-pyrrole nitrogens is 1. The van der Waals surface area contributed by atoms with E-state index in [9.17, 15) is 9.59 Å². The summed E-state index contributed by atoms with van der Waals surface area (Å²) in [5.74, 6) is 0.283. The molecule has 2 aliphatic rings. The van der Waals surface area contributed by atoms with Crippen LogP contribution in [-0.2, 0) is 16.8 Å². The van der Waals surface area contributed by atoms with Crippen LogP contribution in [0.25, 0.3) is 10.6 Å². The standard InChI is InChI=1S/C22H22N4O3S/c23-19-5-1-4-16(25-19)18-13-15-17(30-18)6-12-29-22(15)7-10-26(11-8-22)21(28)14-3-2-9-24-20(14)27/h1-5,9,13H,6-8,10-12H2,(H2,23,25)(H,24,27). The number of nitrogens with one attached hydrogen (secondary N) is 1. The summed E-state index contributed by atoms with van der Waals surface area (Å²) in [4.78, 5) is 36.0. The third-order valence-corrected chi connectivity index (χ3v) is 7.15. The number of piperidine rings is 1. The van der Waals surface area contributed by atoms with Gasteiger partial charge in [-0.2, -0.15) is 0 Å². The van der Waals surface area contributed by atoms with Crippen LogP contribution in [0.2, 0.25) is 0 Å². The summed E-state index contributed by atoms with van der Waals surface area (Å²) in [6.07, 6.45) is 3.82. The van der Waals surface area contributed by atoms with Crippen molar-refractivity contribution in [3.05, 3.63) is 69.0 Å². The molecule has 3 aromatic heterocycles. The van der Waals surface area contributed by atoms with Gasteiger partial charge in [-0.05, 0) is 48.7 Å². The van der Waals surface area contributed by atoms with E-state index in [1.807, 2.05) is 12.1 Å². The second kappa shape index (κ2) is 7.37. The molecule has 2 aliphatic heterocycles. The van der Waals surface area contributed by atoms with E-state index in [0.29, 0.717) is 38.4 Å². The van der Waals surface area contributed by atoms with Crippen molar-refractivity contribution in [3.8, 4) is 10.6 Å². The lowest BCUT2D eigenvalue weighted by Gasteiger charge is -2.44. The molecule has 7 nitrogen and oxygen atoms in total. The highest BCUT2D eigenvalue weighted by molar-refractivity contribution is 7.15. The largest absolute Gasteiger partial charge is 0.384 e. The molecule has 8 heteroatoms. The van der Waals surface area contributed by atoms with Crippen LogP contribution >= 0.6 is 11.3 Å². The van der Waals surface area contributed by atoms with E-state index < -0.39 is 0 Å². The Labute approximate surface area is 177 Å². The Hall–Kier alpha value is -2.97. The number of nitrogens with zero attached hydrogens (tertiary/aromatic N) is 2. The SMILES string of the molecule is Nc1cccc(-c2cc3c(s2)CCOC32CCN(C(=O)c3ccc[nH]c3=O)CC2)n1. The van der Waals surface area contributed by atoms with E-state index in [1.165, 1.54) is 16.6 Å². The number of amides is 1. The average molecular weight is 423 g/mol. The second-order valence-electron chi connectivity index (χ2n) is 7.69. The fourth-order valence-corrected chi connectivity index (χ4v) is 5.58. The number of thiophene rings is 1. The monoisotopic (exact) mass is 422 g/mol. The van der Waals surface area contributed by atoms with Gasteiger partial charge < -0.3 is 20.4 Å². The minimum atomic E-state index is -0.386. The van der Waals surface area contributed by atoms with Gasteiger partial charge in [-0.25, -0.2) is 4.98 Å². The third kappa shape index (κ3) is 3.22. The van der Waals surface area contributed by atoms with E-state index in [4.69, 9.17) is 10.5 Å². The molecule has 1 spiro atoms. The zero-order valence-corrected chi connectivity index (χ0v) is 17.2. The Balaban J connectivity index is 1.40. The van der Waals surface area contributed by atoms with Gasteiger partial charge in [0.1, 0.15) is 11.4 Å². The predicted octanol–water partition coefficient (Wildman–Crippen LogP) is 2.78. The summed E-state index contributed by atoms with van der Waals surface area (Å²) in [5.41, 5.74) is 7.40. The van der Waals surface area contributed by atoms with Crippen molar-refractivity contribution in [2.24, 2.45) is 0 Å². The summed E-state index contributed by atoms with van der Waals surface area (Å²) in [6, 6.07) is 11.1. The van der Waals surface area contributed by atoms with Gasteiger partial charge in [-0.15, -0.1) is 11.3 Å². The van der Waals surface area contributed by atoms with E-state index in [-0.39, 0.29) is 22.6 Å². The molecule has 30 heavy (non-hydrogen) atoms. The van der Waals surface area contributed by atoms with Gasteiger partial charge in [0, 0.05) is 30.6 Å².